The third-order valence-corrected chi connectivity index (χ3v) is 7.60. The Morgan fingerprint density at radius 2 is 2.10 bits per heavy atom. The van der Waals surface area contributed by atoms with Crippen LogP contribution in [-0.4, -0.2) is 78.2 Å². The van der Waals surface area contributed by atoms with Gasteiger partial charge in [0.15, 0.2) is 17.6 Å². The summed E-state index contributed by atoms with van der Waals surface area (Å²) in [6, 6.07) is 3.37. The van der Waals surface area contributed by atoms with E-state index in [0.29, 0.717) is 5.82 Å². The first-order chi connectivity index (χ1) is 14.7. The number of halogens is 1. The summed E-state index contributed by atoms with van der Waals surface area (Å²) >= 11 is 2.07. The number of rotatable bonds is 6. The lowest BCUT2D eigenvalue weighted by atomic mass is 9.95. The van der Waals surface area contributed by atoms with E-state index >= 15 is 0 Å². The number of aliphatic imine (C=N–C) groups is 1. The molecule has 0 aromatic carbocycles. The van der Waals surface area contributed by atoms with Gasteiger partial charge in [0.2, 0.25) is 0 Å². The van der Waals surface area contributed by atoms with Crippen molar-refractivity contribution in [1.82, 2.24) is 20.5 Å². The minimum atomic E-state index is -0.249. The average Bonchev–Trinajstić information content (AvgIpc) is 3.44. The Kier molecular flexibility index (Phi) is 7.36. The van der Waals surface area contributed by atoms with Gasteiger partial charge in [0, 0.05) is 62.0 Å². The summed E-state index contributed by atoms with van der Waals surface area (Å²) in [5, 5.41) is 7.03. The molecule has 1 aromatic rings. The summed E-state index contributed by atoms with van der Waals surface area (Å²) in [6.45, 7) is 7.74. The Hall–Kier alpha value is -1.54. The summed E-state index contributed by atoms with van der Waals surface area (Å²) in [4.78, 5) is 14.0. The summed E-state index contributed by atoms with van der Waals surface area (Å²) in [5.41, 5.74) is 0.238. The van der Waals surface area contributed by atoms with Crippen LogP contribution in [0.3, 0.4) is 0 Å². The van der Waals surface area contributed by atoms with Crippen molar-refractivity contribution in [3.8, 4) is 0 Å². The zero-order chi connectivity index (χ0) is 20.8. The van der Waals surface area contributed by atoms with Gasteiger partial charge in [-0.2, -0.15) is 11.8 Å². The Morgan fingerprint density at radius 1 is 1.30 bits per heavy atom. The maximum atomic E-state index is 14.1. The molecule has 1 atom stereocenters. The van der Waals surface area contributed by atoms with Crippen molar-refractivity contribution in [2.75, 3.05) is 55.7 Å². The van der Waals surface area contributed by atoms with Crippen LogP contribution in [0.4, 0.5) is 10.2 Å². The van der Waals surface area contributed by atoms with Crippen molar-refractivity contribution in [2.24, 2.45) is 4.99 Å². The van der Waals surface area contributed by atoms with Gasteiger partial charge in [0.1, 0.15) is 0 Å². The van der Waals surface area contributed by atoms with Gasteiger partial charge in [0.05, 0.1) is 6.54 Å². The van der Waals surface area contributed by atoms with Gasteiger partial charge in [-0.1, -0.05) is 12.8 Å². The standard InChI is InChI=1S/C22H35FN6S/c1-2-24-21(26-17-22(8-3-4-9-22)29-12-14-30-15-13-29)27-18-7-11-28(16-18)20-19(23)6-5-10-25-20/h5-6,10,18H,2-4,7-9,11-17H2,1H3,(H2,24,26,27). The number of hydrogen-bond donors (Lipinski definition) is 2. The molecule has 1 unspecified atom stereocenters. The second-order valence-electron chi connectivity index (χ2n) is 8.61. The normalized spacial score (nSPS) is 24.9. The molecule has 6 nitrogen and oxygen atoms in total. The van der Waals surface area contributed by atoms with Gasteiger partial charge in [-0.3, -0.25) is 9.89 Å². The molecule has 1 aliphatic carbocycles. The van der Waals surface area contributed by atoms with Gasteiger partial charge in [0.25, 0.3) is 0 Å². The quantitative estimate of drug-likeness (QED) is 0.530. The fourth-order valence-corrected chi connectivity index (χ4v) is 5.97. The molecular weight excluding hydrogens is 399 g/mol. The summed E-state index contributed by atoms with van der Waals surface area (Å²) in [5.74, 6) is 3.58. The Morgan fingerprint density at radius 3 is 2.83 bits per heavy atom. The van der Waals surface area contributed by atoms with Crippen LogP contribution in [0.5, 0.6) is 0 Å². The number of pyridine rings is 1. The molecule has 8 heteroatoms. The average molecular weight is 435 g/mol. The van der Waals surface area contributed by atoms with Crippen LogP contribution in [0.1, 0.15) is 39.0 Å². The van der Waals surface area contributed by atoms with E-state index in [1.165, 1.54) is 56.3 Å². The first kappa shape index (κ1) is 21.7. The van der Waals surface area contributed by atoms with Crippen molar-refractivity contribution in [1.29, 1.82) is 0 Å². The Labute approximate surface area is 184 Å². The molecule has 4 rings (SSSR count). The van der Waals surface area contributed by atoms with E-state index in [1.807, 2.05) is 4.90 Å². The van der Waals surface area contributed by atoms with Crippen LogP contribution < -0.4 is 15.5 Å². The monoisotopic (exact) mass is 434 g/mol. The van der Waals surface area contributed by atoms with E-state index < -0.39 is 0 Å². The van der Waals surface area contributed by atoms with Gasteiger partial charge in [-0.15, -0.1) is 0 Å². The second kappa shape index (κ2) is 10.2. The Bertz CT molecular complexity index is 717. The molecule has 0 spiro atoms. The highest BCUT2D eigenvalue weighted by Crippen LogP contribution is 2.37. The molecule has 3 heterocycles. The van der Waals surface area contributed by atoms with E-state index in [4.69, 9.17) is 4.99 Å². The van der Waals surface area contributed by atoms with Crippen molar-refractivity contribution in [3.05, 3.63) is 24.1 Å². The topological polar surface area (TPSA) is 55.8 Å². The maximum absolute atomic E-state index is 14.1. The first-order valence-electron chi connectivity index (χ1n) is 11.4. The fourth-order valence-electron chi connectivity index (χ4n) is 5.07. The molecule has 166 valence electrons. The molecule has 0 amide bonds. The van der Waals surface area contributed by atoms with Crippen molar-refractivity contribution < 1.29 is 4.39 Å². The molecular formula is C22H35FN6S. The van der Waals surface area contributed by atoms with Crippen LogP contribution in [0.25, 0.3) is 0 Å². The first-order valence-corrected chi connectivity index (χ1v) is 12.6. The number of aromatic nitrogens is 1. The van der Waals surface area contributed by atoms with Crippen molar-refractivity contribution in [2.45, 2.75) is 50.6 Å². The second-order valence-corrected chi connectivity index (χ2v) is 9.84. The number of nitrogens with zero attached hydrogens (tertiary/aromatic N) is 4. The summed E-state index contributed by atoms with van der Waals surface area (Å²) in [7, 11) is 0. The van der Waals surface area contributed by atoms with E-state index in [2.05, 4.69) is 39.2 Å². The van der Waals surface area contributed by atoms with E-state index in [0.717, 1.165) is 38.6 Å². The van der Waals surface area contributed by atoms with E-state index in [9.17, 15) is 4.39 Å². The smallest absolute Gasteiger partial charge is 0.191 e. The SMILES string of the molecule is CCNC(=NCC1(N2CCSCC2)CCCC1)NC1CCN(c2ncccc2F)C1. The number of thioether (sulfide) groups is 1. The van der Waals surface area contributed by atoms with Crippen molar-refractivity contribution >= 4 is 23.5 Å². The minimum absolute atomic E-state index is 0.238. The van der Waals surface area contributed by atoms with Crippen LogP contribution in [0.15, 0.2) is 23.3 Å². The van der Waals surface area contributed by atoms with Gasteiger partial charge in [-0.25, -0.2) is 9.37 Å². The lowest BCUT2D eigenvalue weighted by Gasteiger charge is -2.42. The highest BCUT2D eigenvalue weighted by Gasteiger charge is 2.40. The van der Waals surface area contributed by atoms with Gasteiger partial charge >= 0.3 is 0 Å². The van der Waals surface area contributed by atoms with Crippen LogP contribution in [0, 0.1) is 5.82 Å². The Balaban J connectivity index is 1.39. The number of anilines is 1. The number of hydrogen-bond acceptors (Lipinski definition) is 5. The molecule has 3 aliphatic rings. The number of nitrogens with one attached hydrogen (secondary N) is 2. The predicted molar refractivity (Wildman–Crippen MR) is 124 cm³/mol. The molecule has 30 heavy (non-hydrogen) atoms. The fraction of sp³-hybridized carbons (Fsp3) is 0.727. The van der Waals surface area contributed by atoms with Crippen molar-refractivity contribution in [3.63, 3.8) is 0 Å². The zero-order valence-electron chi connectivity index (χ0n) is 18.1. The zero-order valence-corrected chi connectivity index (χ0v) is 18.9. The lowest BCUT2D eigenvalue weighted by molar-refractivity contribution is 0.112. The van der Waals surface area contributed by atoms with E-state index in [-0.39, 0.29) is 17.4 Å². The third kappa shape index (κ3) is 5.02. The molecule has 0 bridgehead atoms. The van der Waals surface area contributed by atoms with Crippen LogP contribution in [0.2, 0.25) is 0 Å². The highest BCUT2D eigenvalue weighted by molar-refractivity contribution is 7.99. The molecule has 3 fully saturated rings. The molecule has 2 N–H and O–H groups in total. The molecule has 2 saturated heterocycles. The molecule has 1 aromatic heterocycles. The largest absolute Gasteiger partial charge is 0.357 e. The van der Waals surface area contributed by atoms with Gasteiger partial charge in [-0.05, 0) is 38.3 Å². The predicted octanol–water partition coefficient (Wildman–Crippen LogP) is 2.72. The third-order valence-electron chi connectivity index (χ3n) is 6.66. The number of guanidine groups is 1. The molecule has 1 saturated carbocycles. The van der Waals surface area contributed by atoms with Crippen LogP contribution >= 0.6 is 11.8 Å². The van der Waals surface area contributed by atoms with E-state index in [1.54, 1.807) is 12.3 Å². The molecule has 0 radical (unpaired) electrons. The highest BCUT2D eigenvalue weighted by atomic mass is 32.2. The molecule has 2 aliphatic heterocycles. The van der Waals surface area contributed by atoms with Crippen LogP contribution in [-0.2, 0) is 0 Å². The lowest BCUT2D eigenvalue weighted by Crippen LogP contribution is -2.53. The summed E-state index contributed by atoms with van der Waals surface area (Å²) < 4.78 is 14.1. The summed E-state index contributed by atoms with van der Waals surface area (Å²) in [6.07, 6.45) is 7.76. The minimum Gasteiger partial charge on any atom is -0.357 e. The maximum Gasteiger partial charge on any atom is 0.191 e. The van der Waals surface area contributed by atoms with Gasteiger partial charge < -0.3 is 15.5 Å².